The zero-order chi connectivity index (χ0) is 19.6. The van der Waals surface area contributed by atoms with Crippen molar-refractivity contribution < 1.29 is 9.90 Å². The van der Waals surface area contributed by atoms with Crippen molar-refractivity contribution in [2.75, 3.05) is 0 Å². The molecule has 138 valence electrons. The molecule has 0 saturated heterocycles. The van der Waals surface area contributed by atoms with Crippen LogP contribution in [-0.2, 0) is 18.3 Å². The number of hydrogen-bond acceptors (Lipinski definition) is 4. The molecule has 0 amide bonds. The Morgan fingerprint density at radius 1 is 1.15 bits per heavy atom. The quantitative estimate of drug-likeness (QED) is 0.451. The number of amidine groups is 1. The molecule has 0 saturated carbocycles. The number of benzene rings is 2. The summed E-state index contributed by atoms with van der Waals surface area (Å²) >= 11 is 0. The summed E-state index contributed by atoms with van der Waals surface area (Å²) in [6.07, 6.45) is 0.522. The lowest BCUT2D eigenvalue weighted by molar-refractivity contribution is -0.136. The van der Waals surface area contributed by atoms with Gasteiger partial charge in [0.1, 0.15) is 5.84 Å². The second-order valence-corrected chi connectivity index (χ2v) is 6.13. The molecule has 0 radical (unpaired) electrons. The van der Waals surface area contributed by atoms with Crippen molar-refractivity contribution in [3.05, 3.63) is 70.1 Å². The number of nitrogens with zero attached hydrogens (tertiary/aromatic N) is 3. The van der Waals surface area contributed by atoms with Crippen molar-refractivity contribution in [3.63, 3.8) is 0 Å². The van der Waals surface area contributed by atoms with Crippen LogP contribution in [0.15, 0.2) is 53.3 Å². The molecule has 3 aromatic rings. The standard InChI is InChI=1S/C19H19N5O3/c1-23-18(14-5-2-12(3-6-14)4-11-16(25)26)22-24(19(23)27)15-9-7-13(8-10-15)17(20)21/h2-3,5-10H,4,11H2,1H3,(H3,20,21)(H,25,26). The predicted octanol–water partition coefficient (Wildman–Crippen LogP) is 1.54. The van der Waals surface area contributed by atoms with Crippen LogP contribution in [-0.4, -0.2) is 31.3 Å². The number of carboxylic acids is 1. The van der Waals surface area contributed by atoms with Gasteiger partial charge in [0, 0.05) is 24.6 Å². The van der Waals surface area contributed by atoms with Gasteiger partial charge in [-0.1, -0.05) is 24.3 Å². The summed E-state index contributed by atoms with van der Waals surface area (Å²) in [7, 11) is 1.64. The van der Waals surface area contributed by atoms with E-state index in [1.54, 1.807) is 31.3 Å². The third kappa shape index (κ3) is 3.79. The zero-order valence-electron chi connectivity index (χ0n) is 14.7. The molecule has 1 aromatic heterocycles. The minimum absolute atomic E-state index is 0.0430. The molecule has 0 fully saturated rings. The molecule has 0 unspecified atom stereocenters. The Bertz CT molecular complexity index is 1050. The van der Waals surface area contributed by atoms with Crippen LogP contribution in [0.3, 0.4) is 0 Å². The van der Waals surface area contributed by atoms with Gasteiger partial charge in [-0.15, -0.1) is 5.10 Å². The van der Waals surface area contributed by atoms with Gasteiger partial charge < -0.3 is 10.8 Å². The molecule has 2 aromatic carbocycles. The Labute approximate surface area is 155 Å². The Balaban J connectivity index is 1.92. The molecule has 0 aliphatic rings. The van der Waals surface area contributed by atoms with Crippen LogP contribution in [0.2, 0.25) is 0 Å². The number of carbonyl (C=O) groups is 1. The maximum atomic E-state index is 12.6. The summed E-state index contributed by atoms with van der Waals surface area (Å²) in [5, 5.41) is 20.6. The van der Waals surface area contributed by atoms with Gasteiger partial charge in [-0.3, -0.25) is 14.8 Å². The summed E-state index contributed by atoms with van der Waals surface area (Å²) in [4.78, 5) is 23.2. The Morgan fingerprint density at radius 2 is 1.78 bits per heavy atom. The highest BCUT2D eigenvalue weighted by molar-refractivity contribution is 5.95. The molecule has 0 aliphatic carbocycles. The van der Waals surface area contributed by atoms with Crippen LogP contribution < -0.4 is 11.4 Å². The fraction of sp³-hybridized carbons (Fsp3) is 0.158. The molecule has 0 bridgehead atoms. The first-order valence-corrected chi connectivity index (χ1v) is 8.29. The number of aliphatic carboxylic acids is 1. The van der Waals surface area contributed by atoms with Crippen LogP contribution in [0.5, 0.6) is 0 Å². The molecule has 0 spiro atoms. The first-order valence-electron chi connectivity index (χ1n) is 8.29. The molecule has 0 aliphatic heterocycles. The number of rotatable bonds is 6. The summed E-state index contributed by atoms with van der Waals surface area (Å²) < 4.78 is 2.74. The van der Waals surface area contributed by atoms with Crippen LogP contribution in [0.4, 0.5) is 0 Å². The van der Waals surface area contributed by atoms with E-state index < -0.39 is 5.97 Å². The van der Waals surface area contributed by atoms with Gasteiger partial charge in [0.05, 0.1) is 5.69 Å². The lowest BCUT2D eigenvalue weighted by Gasteiger charge is -2.03. The SMILES string of the molecule is Cn1c(-c2ccc(CCC(=O)O)cc2)nn(-c2ccc(C(=N)N)cc2)c1=O. The number of nitrogens with two attached hydrogens (primary N) is 1. The molecule has 8 heteroatoms. The number of nitrogens with one attached hydrogen (secondary N) is 1. The Kier molecular flexibility index (Phi) is 4.89. The summed E-state index contributed by atoms with van der Waals surface area (Å²) in [5.74, 6) is -0.380. The molecule has 27 heavy (non-hydrogen) atoms. The van der Waals surface area contributed by atoms with Gasteiger partial charge in [0.15, 0.2) is 5.82 Å². The second-order valence-electron chi connectivity index (χ2n) is 6.13. The van der Waals surface area contributed by atoms with E-state index >= 15 is 0 Å². The number of nitrogen functional groups attached to an aromatic ring is 1. The molecule has 0 atom stereocenters. The van der Waals surface area contributed by atoms with Crippen LogP contribution in [0.25, 0.3) is 17.1 Å². The van der Waals surface area contributed by atoms with Gasteiger partial charge in [-0.2, -0.15) is 4.68 Å². The minimum Gasteiger partial charge on any atom is -0.481 e. The van der Waals surface area contributed by atoms with Crippen molar-refractivity contribution in [2.24, 2.45) is 12.8 Å². The fourth-order valence-corrected chi connectivity index (χ4v) is 2.71. The number of carboxylic acid groups (broad SMARTS) is 1. The van der Waals surface area contributed by atoms with Crippen molar-refractivity contribution in [1.29, 1.82) is 5.41 Å². The van der Waals surface area contributed by atoms with Crippen LogP contribution >= 0.6 is 0 Å². The van der Waals surface area contributed by atoms with Crippen molar-refractivity contribution in [3.8, 4) is 17.1 Å². The van der Waals surface area contributed by atoms with E-state index in [1.165, 1.54) is 9.25 Å². The minimum atomic E-state index is -0.837. The Morgan fingerprint density at radius 3 is 2.33 bits per heavy atom. The average Bonchev–Trinajstić information content (AvgIpc) is 2.96. The maximum Gasteiger partial charge on any atom is 0.350 e. The summed E-state index contributed by atoms with van der Waals surface area (Å²) in [5.41, 5.74) is 7.96. The van der Waals surface area contributed by atoms with E-state index in [9.17, 15) is 9.59 Å². The highest BCUT2D eigenvalue weighted by atomic mass is 16.4. The molecular formula is C19H19N5O3. The largest absolute Gasteiger partial charge is 0.481 e. The van der Waals surface area contributed by atoms with E-state index in [-0.39, 0.29) is 17.9 Å². The smallest absolute Gasteiger partial charge is 0.350 e. The maximum absolute atomic E-state index is 12.6. The summed E-state index contributed by atoms with van der Waals surface area (Å²) in [6.45, 7) is 0. The molecule has 8 nitrogen and oxygen atoms in total. The molecular weight excluding hydrogens is 346 g/mol. The van der Waals surface area contributed by atoms with E-state index in [0.29, 0.717) is 23.5 Å². The predicted molar refractivity (Wildman–Crippen MR) is 101 cm³/mol. The van der Waals surface area contributed by atoms with Gasteiger partial charge in [0.25, 0.3) is 0 Å². The highest BCUT2D eigenvalue weighted by Gasteiger charge is 2.14. The lowest BCUT2D eigenvalue weighted by Crippen LogP contribution is -2.22. The molecule has 4 N–H and O–H groups in total. The number of aromatic nitrogens is 3. The first kappa shape index (κ1) is 18.1. The normalized spacial score (nSPS) is 10.7. The van der Waals surface area contributed by atoms with Crippen molar-refractivity contribution in [1.82, 2.24) is 14.3 Å². The zero-order valence-corrected chi connectivity index (χ0v) is 14.7. The van der Waals surface area contributed by atoms with E-state index in [1.807, 2.05) is 24.3 Å². The number of aryl methyl sites for hydroxylation is 1. The van der Waals surface area contributed by atoms with Crippen LogP contribution in [0, 0.1) is 5.41 Å². The third-order valence-electron chi connectivity index (χ3n) is 4.24. The number of hydrogen-bond donors (Lipinski definition) is 3. The van der Waals surface area contributed by atoms with E-state index in [2.05, 4.69) is 5.10 Å². The molecule has 1 heterocycles. The van der Waals surface area contributed by atoms with Crippen LogP contribution in [0.1, 0.15) is 17.5 Å². The van der Waals surface area contributed by atoms with Gasteiger partial charge in [0.2, 0.25) is 0 Å². The van der Waals surface area contributed by atoms with Gasteiger partial charge >= 0.3 is 11.7 Å². The molecule has 3 rings (SSSR count). The monoisotopic (exact) mass is 365 g/mol. The average molecular weight is 365 g/mol. The van der Waals surface area contributed by atoms with Gasteiger partial charge in [-0.25, -0.2) is 4.79 Å². The summed E-state index contributed by atoms with van der Waals surface area (Å²) in [6, 6.07) is 14.0. The third-order valence-corrected chi connectivity index (χ3v) is 4.24. The fourth-order valence-electron chi connectivity index (χ4n) is 2.71. The Hall–Kier alpha value is -3.68. The van der Waals surface area contributed by atoms with E-state index in [4.69, 9.17) is 16.2 Å². The van der Waals surface area contributed by atoms with Gasteiger partial charge in [-0.05, 0) is 36.2 Å². The van der Waals surface area contributed by atoms with Crippen molar-refractivity contribution in [2.45, 2.75) is 12.8 Å². The lowest BCUT2D eigenvalue weighted by atomic mass is 10.1. The second kappa shape index (κ2) is 7.28. The van der Waals surface area contributed by atoms with E-state index in [0.717, 1.165) is 11.1 Å². The first-order chi connectivity index (χ1) is 12.9. The van der Waals surface area contributed by atoms with Crippen molar-refractivity contribution >= 4 is 11.8 Å². The topological polar surface area (TPSA) is 127 Å². The highest BCUT2D eigenvalue weighted by Crippen LogP contribution is 2.18.